The number of nitrogens with zero attached hydrogens (tertiary/aromatic N) is 1. The molecule has 33 heavy (non-hydrogen) atoms. The second-order valence-electron chi connectivity index (χ2n) is 7.39. The van der Waals surface area contributed by atoms with Gasteiger partial charge >= 0.3 is 6.03 Å². The van der Waals surface area contributed by atoms with Crippen molar-refractivity contribution in [3.63, 3.8) is 0 Å². The molecule has 4 amide bonds. The molecule has 3 aromatic carbocycles. The number of halogens is 2. The summed E-state index contributed by atoms with van der Waals surface area (Å²) in [5, 5.41) is 9.24. The summed E-state index contributed by atoms with van der Waals surface area (Å²) in [4.78, 5) is 39.2. The van der Waals surface area contributed by atoms with E-state index >= 15 is 0 Å². The van der Waals surface area contributed by atoms with Gasteiger partial charge in [0.05, 0.1) is 11.3 Å². The van der Waals surface area contributed by atoms with Crippen LogP contribution < -0.4 is 20.9 Å². The molecule has 0 radical (unpaired) electrons. The Balaban J connectivity index is 1.49. The summed E-state index contributed by atoms with van der Waals surface area (Å²) in [6.45, 7) is 1.31. The van der Waals surface area contributed by atoms with E-state index in [0.717, 1.165) is 12.1 Å². The summed E-state index contributed by atoms with van der Waals surface area (Å²) in [5.41, 5.74) is 2.21. The lowest BCUT2D eigenvalue weighted by molar-refractivity contribution is 0.102. The minimum absolute atomic E-state index is 0.139. The molecule has 0 aromatic heterocycles. The number of anilines is 3. The molecule has 0 atom stereocenters. The van der Waals surface area contributed by atoms with Crippen LogP contribution in [0.4, 0.5) is 21.9 Å². The first-order valence-electron chi connectivity index (χ1n) is 10.2. The van der Waals surface area contributed by atoms with Crippen LogP contribution in [-0.4, -0.2) is 30.9 Å². The van der Waals surface area contributed by atoms with Gasteiger partial charge in [-0.1, -0.05) is 23.2 Å². The van der Waals surface area contributed by atoms with Gasteiger partial charge in [-0.3, -0.25) is 14.5 Å². The van der Waals surface area contributed by atoms with Gasteiger partial charge in [0, 0.05) is 40.1 Å². The first kappa shape index (κ1) is 22.6. The lowest BCUT2D eigenvalue weighted by Crippen LogP contribution is -2.46. The number of benzene rings is 3. The number of rotatable bonds is 5. The standard InChI is InChI=1S/C24H20Cl2N4O3/c25-16-4-2-15(3-5-16)22(31)29-21-14-17(26)6-11-20(21)23(32)28-18-7-9-19(10-8-18)30-13-1-12-27-24(30)33/h2-11,14H,1,12-13H2,(H,27,33)(H,28,32)(H,29,31). The zero-order valence-corrected chi connectivity index (χ0v) is 18.9. The van der Waals surface area contributed by atoms with E-state index in [4.69, 9.17) is 23.2 Å². The fraction of sp³-hybridized carbons (Fsp3) is 0.125. The van der Waals surface area contributed by atoms with Crippen molar-refractivity contribution in [1.82, 2.24) is 5.32 Å². The molecule has 3 aromatic rings. The SMILES string of the molecule is O=C(Nc1cc(Cl)ccc1C(=O)Nc1ccc(N2CCCNC2=O)cc1)c1ccc(Cl)cc1. The number of carbonyl (C=O) groups is 3. The van der Waals surface area contributed by atoms with Crippen LogP contribution in [0.15, 0.2) is 66.7 Å². The Morgan fingerprint density at radius 2 is 1.55 bits per heavy atom. The van der Waals surface area contributed by atoms with Gasteiger partial charge in [-0.15, -0.1) is 0 Å². The van der Waals surface area contributed by atoms with Crippen LogP contribution in [0.1, 0.15) is 27.1 Å². The van der Waals surface area contributed by atoms with Crippen LogP contribution in [0.3, 0.4) is 0 Å². The Labute approximate surface area is 200 Å². The van der Waals surface area contributed by atoms with Crippen molar-refractivity contribution in [2.45, 2.75) is 6.42 Å². The van der Waals surface area contributed by atoms with Crippen molar-refractivity contribution in [3.8, 4) is 0 Å². The number of hydrogen-bond acceptors (Lipinski definition) is 3. The normalized spacial score (nSPS) is 13.3. The Bertz CT molecular complexity index is 1200. The van der Waals surface area contributed by atoms with Crippen molar-refractivity contribution in [3.05, 3.63) is 87.9 Å². The molecule has 168 valence electrons. The third-order valence-electron chi connectivity index (χ3n) is 5.10. The maximum atomic E-state index is 13.0. The van der Waals surface area contributed by atoms with Crippen molar-refractivity contribution in [2.75, 3.05) is 28.6 Å². The summed E-state index contributed by atoms with van der Waals surface area (Å²) in [5.74, 6) is -0.811. The van der Waals surface area contributed by atoms with Crippen molar-refractivity contribution < 1.29 is 14.4 Å². The fourth-order valence-corrected chi connectivity index (χ4v) is 3.71. The zero-order chi connectivity index (χ0) is 23.4. The number of carbonyl (C=O) groups excluding carboxylic acids is 3. The van der Waals surface area contributed by atoms with Crippen LogP contribution in [0.2, 0.25) is 10.0 Å². The molecule has 1 saturated heterocycles. The maximum absolute atomic E-state index is 13.0. The molecule has 0 unspecified atom stereocenters. The Kier molecular flexibility index (Phi) is 6.82. The van der Waals surface area contributed by atoms with Crippen molar-refractivity contribution in [2.24, 2.45) is 0 Å². The maximum Gasteiger partial charge on any atom is 0.321 e. The van der Waals surface area contributed by atoms with Crippen LogP contribution in [0.25, 0.3) is 0 Å². The largest absolute Gasteiger partial charge is 0.338 e. The Morgan fingerprint density at radius 1 is 0.848 bits per heavy atom. The first-order chi connectivity index (χ1) is 15.9. The van der Waals surface area contributed by atoms with Crippen molar-refractivity contribution in [1.29, 1.82) is 0 Å². The topological polar surface area (TPSA) is 90.5 Å². The summed E-state index contributed by atoms with van der Waals surface area (Å²) in [6, 6.07) is 17.9. The highest BCUT2D eigenvalue weighted by molar-refractivity contribution is 6.31. The smallest absolute Gasteiger partial charge is 0.321 e. The van der Waals surface area contributed by atoms with E-state index in [9.17, 15) is 14.4 Å². The monoisotopic (exact) mass is 482 g/mol. The highest BCUT2D eigenvalue weighted by atomic mass is 35.5. The number of urea groups is 1. The molecule has 4 rings (SSSR count). The van der Waals surface area contributed by atoms with Gasteiger partial charge in [-0.05, 0) is 73.2 Å². The molecular weight excluding hydrogens is 463 g/mol. The van der Waals surface area contributed by atoms with Gasteiger partial charge in [0.2, 0.25) is 0 Å². The van der Waals surface area contributed by atoms with E-state index in [1.165, 1.54) is 6.07 Å². The molecule has 0 bridgehead atoms. The van der Waals surface area contributed by atoms with Crippen LogP contribution in [-0.2, 0) is 0 Å². The van der Waals surface area contributed by atoms with E-state index in [-0.39, 0.29) is 17.3 Å². The fourth-order valence-electron chi connectivity index (χ4n) is 3.41. The minimum Gasteiger partial charge on any atom is -0.338 e. The molecule has 7 nitrogen and oxygen atoms in total. The average molecular weight is 483 g/mol. The number of amides is 4. The summed E-state index contributed by atoms with van der Waals surface area (Å²) in [6.07, 6.45) is 0.866. The predicted octanol–water partition coefficient (Wildman–Crippen LogP) is 5.42. The Hall–Kier alpha value is -3.55. The molecule has 3 N–H and O–H groups in total. The average Bonchev–Trinajstić information content (AvgIpc) is 2.80. The van der Waals surface area contributed by atoms with Gasteiger partial charge in [0.25, 0.3) is 11.8 Å². The van der Waals surface area contributed by atoms with Crippen LogP contribution in [0.5, 0.6) is 0 Å². The minimum atomic E-state index is -0.415. The first-order valence-corrected chi connectivity index (χ1v) is 11.0. The van der Waals surface area contributed by atoms with E-state index in [1.807, 2.05) is 0 Å². The molecule has 0 saturated carbocycles. The van der Waals surface area contributed by atoms with Crippen molar-refractivity contribution >= 4 is 58.1 Å². The summed E-state index contributed by atoms with van der Waals surface area (Å²) < 4.78 is 0. The van der Waals surface area contributed by atoms with Gasteiger partial charge in [-0.2, -0.15) is 0 Å². The molecule has 1 aliphatic rings. The second-order valence-corrected chi connectivity index (χ2v) is 8.26. The van der Waals surface area contributed by atoms with E-state index in [0.29, 0.717) is 34.4 Å². The zero-order valence-electron chi connectivity index (χ0n) is 17.4. The van der Waals surface area contributed by atoms with Crippen LogP contribution in [0, 0.1) is 0 Å². The third-order valence-corrected chi connectivity index (χ3v) is 5.58. The van der Waals surface area contributed by atoms with Gasteiger partial charge in [0.15, 0.2) is 0 Å². The van der Waals surface area contributed by atoms with Gasteiger partial charge in [-0.25, -0.2) is 4.79 Å². The quantitative estimate of drug-likeness (QED) is 0.453. The highest BCUT2D eigenvalue weighted by Crippen LogP contribution is 2.25. The summed E-state index contributed by atoms with van der Waals surface area (Å²) in [7, 11) is 0. The van der Waals surface area contributed by atoms with Gasteiger partial charge < -0.3 is 16.0 Å². The third kappa shape index (κ3) is 5.45. The molecule has 9 heteroatoms. The van der Waals surface area contributed by atoms with E-state index < -0.39 is 11.8 Å². The molecule has 1 aliphatic heterocycles. The van der Waals surface area contributed by atoms with E-state index in [2.05, 4.69) is 16.0 Å². The lowest BCUT2D eigenvalue weighted by atomic mass is 10.1. The molecule has 0 spiro atoms. The molecular formula is C24H20Cl2N4O3. The summed E-state index contributed by atoms with van der Waals surface area (Å²) >= 11 is 12.0. The second kappa shape index (κ2) is 9.94. The van der Waals surface area contributed by atoms with E-state index in [1.54, 1.807) is 65.6 Å². The molecule has 1 fully saturated rings. The predicted molar refractivity (Wildman–Crippen MR) is 131 cm³/mol. The Morgan fingerprint density at radius 3 is 2.24 bits per heavy atom. The lowest BCUT2D eigenvalue weighted by Gasteiger charge is -2.27. The van der Waals surface area contributed by atoms with Gasteiger partial charge in [0.1, 0.15) is 0 Å². The number of nitrogens with one attached hydrogen (secondary N) is 3. The number of hydrogen-bond donors (Lipinski definition) is 3. The molecule has 1 heterocycles. The highest BCUT2D eigenvalue weighted by Gasteiger charge is 2.19. The molecule has 0 aliphatic carbocycles. The van der Waals surface area contributed by atoms with Crippen LogP contribution >= 0.6 is 23.2 Å².